The van der Waals surface area contributed by atoms with E-state index in [1.54, 1.807) is 6.92 Å². The average molecular weight is 445 g/mol. The van der Waals surface area contributed by atoms with E-state index in [4.69, 9.17) is 11.6 Å². The summed E-state index contributed by atoms with van der Waals surface area (Å²) < 4.78 is 63.5. The van der Waals surface area contributed by atoms with E-state index in [-0.39, 0.29) is 27.1 Å². The lowest BCUT2D eigenvalue weighted by atomic mass is 10.1. The van der Waals surface area contributed by atoms with Gasteiger partial charge in [0.05, 0.1) is 16.4 Å². The van der Waals surface area contributed by atoms with Crippen LogP contribution < -0.4 is 5.32 Å². The number of H-pyrrole nitrogens is 1. The molecule has 154 valence electrons. The Balaban J connectivity index is 2.10. The Morgan fingerprint density at radius 2 is 1.90 bits per heavy atom. The third-order valence-electron chi connectivity index (χ3n) is 4.08. The van der Waals surface area contributed by atoms with Crippen molar-refractivity contribution in [3.63, 3.8) is 0 Å². The SMILES string of the molecule is Cc1[nH]c(C(Nc2cncc(C(F)F)c2)c2ccc(F)c(Cl)c2)nc1S(C)(=O)=O. The lowest BCUT2D eigenvalue weighted by Gasteiger charge is -2.19. The van der Waals surface area contributed by atoms with Gasteiger partial charge < -0.3 is 10.3 Å². The number of anilines is 1. The molecule has 0 saturated heterocycles. The van der Waals surface area contributed by atoms with Crippen molar-refractivity contribution < 1.29 is 21.6 Å². The van der Waals surface area contributed by atoms with Crippen LogP contribution in [0.5, 0.6) is 0 Å². The molecule has 0 aliphatic heterocycles. The molecule has 1 aromatic carbocycles. The topological polar surface area (TPSA) is 87.7 Å². The van der Waals surface area contributed by atoms with Crippen LogP contribution in [0.1, 0.15) is 35.1 Å². The molecule has 1 atom stereocenters. The van der Waals surface area contributed by atoms with Crippen LogP contribution in [-0.2, 0) is 9.84 Å². The zero-order valence-electron chi connectivity index (χ0n) is 15.2. The molecular formula is C18H16ClF3N4O2S. The van der Waals surface area contributed by atoms with Gasteiger partial charge in [-0.3, -0.25) is 4.98 Å². The minimum Gasteiger partial charge on any atom is -0.370 e. The molecule has 0 bridgehead atoms. The fraction of sp³-hybridized carbons (Fsp3) is 0.222. The monoisotopic (exact) mass is 444 g/mol. The number of nitrogens with zero attached hydrogens (tertiary/aromatic N) is 2. The molecule has 0 amide bonds. The molecule has 2 heterocycles. The van der Waals surface area contributed by atoms with Gasteiger partial charge in [-0.1, -0.05) is 17.7 Å². The molecule has 6 nitrogen and oxygen atoms in total. The molecule has 29 heavy (non-hydrogen) atoms. The number of pyridine rings is 1. The van der Waals surface area contributed by atoms with Crippen LogP contribution in [0.2, 0.25) is 5.02 Å². The van der Waals surface area contributed by atoms with Crippen LogP contribution in [-0.4, -0.2) is 29.6 Å². The Kier molecular flexibility index (Phi) is 5.85. The summed E-state index contributed by atoms with van der Waals surface area (Å²) in [7, 11) is -3.60. The minimum atomic E-state index is -3.60. The van der Waals surface area contributed by atoms with Crippen molar-refractivity contribution >= 4 is 27.1 Å². The van der Waals surface area contributed by atoms with E-state index in [9.17, 15) is 21.6 Å². The first-order chi connectivity index (χ1) is 13.6. The Bertz CT molecular complexity index is 1150. The zero-order chi connectivity index (χ0) is 21.3. The van der Waals surface area contributed by atoms with Crippen LogP contribution in [0.3, 0.4) is 0 Å². The maximum absolute atomic E-state index is 13.6. The maximum atomic E-state index is 13.6. The number of nitrogens with one attached hydrogen (secondary N) is 2. The fourth-order valence-corrected chi connectivity index (χ4v) is 3.85. The van der Waals surface area contributed by atoms with E-state index < -0.39 is 28.1 Å². The van der Waals surface area contributed by atoms with Crippen molar-refractivity contribution in [2.24, 2.45) is 0 Å². The third-order valence-corrected chi connectivity index (χ3v) is 5.47. The molecule has 3 aromatic rings. The van der Waals surface area contributed by atoms with Gasteiger partial charge in [-0.05, 0) is 30.7 Å². The van der Waals surface area contributed by atoms with E-state index in [0.717, 1.165) is 18.5 Å². The van der Waals surface area contributed by atoms with Crippen molar-refractivity contribution in [3.8, 4) is 0 Å². The van der Waals surface area contributed by atoms with Crippen LogP contribution >= 0.6 is 11.6 Å². The van der Waals surface area contributed by atoms with Gasteiger partial charge in [0.25, 0.3) is 6.43 Å². The van der Waals surface area contributed by atoms with Crippen LogP contribution in [0.15, 0.2) is 41.7 Å². The van der Waals surface area contributed by atoms with E-state index in [0.29, 0.717) is 11.3 Å². The zero-order valence-corrected chi connectivity index (χ0v) is 16.8. The van der Waals surface area contributed by atoms with Crippen molar-refractivity contribution in [3.05, 3.63) is 70.1 Å². The number of aromatic nitrogens is 3. The molecule has 0 radical (unpaired) electrons. The van der Waals surface area contributed by atoms with Crippen molar-refractivity contribution in [2.75, 3.05) is 11.6 Å². The number of hydrogen-bond acceptors (Lipinski definition) is 5. The third kappa shape index (κ3) is 4.70. The van der Waals surface area contributed by atoms with E-state index in [1.165, 1.54) is 24.4 Å². The summed E-state index contributed by atoms with van der Waals surface area (Å²) in [6.07, 6.45) is 0.675. The Hall–Kier alpha value is -2.59. The van der Waals surface area contributed by atoms with Gasteiger partial charge in [-0.15, -0.1) is 0 Å². The highest BCUT2D eigenvalue weighted by Crippen LogP contribution is 2.30. The van der Waals surface area contributed by atoms with Crippen molar-refractivity contribution in [2.45, 2.75) is 24.4 Å². The number of benzene rings is 1. The van der Waals surface area contributed by atoms with Gasteiger partial charge in [0.1, 0.15) is 17.7 Å². The summed E-state index contributed by atoms with van der Waals surface area (Å²) in [6, 6.07) is 4.30. The number of imidazole rings is 1. The summed E-state index contributed by atoms with van der Waals surface area (Å²) in [5.41, 5.74) is 0.691. The number of aryl methyl sites for hydroxylation is 1. The lowest BCUT2D eigenvalue weighted by molar-refractivity contribution is 0.151. The van der Waals surface area contributed by atoms with E-state index in [2.05, 4.69) is 20.3 Å². The second kappa shape index (κ2) is 8.03. The number of halogens is 4. The van der Waals surface area contributed by atoms with Gasteiger partial charge in [0.15, 0.2) is 14.9 Å². The predicted molar refractivity (Wildman–Crippen MR) is 103 cm³/mol. The summed E-state index contributed by atoms with van der Waals surface area (Å²) in [5, 5.41) is 2.68. The highest BCUT2D eigenvalue weighted by molar-refractivity contribution is 7.90. The first-order valence-corrected chi connectivity index (χ1v) is 10.5. The van der Waals surface area contributed by atoms with Crippen LogP contribution in [0.25, 0.3) is 0 Å². The Labute approximate surface area is 170 Å². The van der Waals surface area contributed by atoms with Crippen LogP contribution in [0.4, 0.5) is 18.9 Å². The van der Waals surface area contributed by atoms with Crippen molar-refractivity contribution in [1.29, 1.82) is 0 Å². The standard InChI is InChI=1S/C18H16ClF3N4O2S/c1-9-18(29(2,27)28)26-17(24-9)15(10-3-4-14(20)13(19)6-10)25-12-5-11(16(21)22)7-23-8-12/h3-8,15-16,25H,1-2H3,(H,24,26). The second-order valence-electron chi connectivity index (χ2n) is 6.38. The minimum absolute atomic E-state index is 0.146. The number of rotatable bonds is 6. The van der Waals surface area contributed by atoms with Gasteiger partial charge in [0.2, 0.25) is 0 Å². The molecule has 0 aliphatic carbocycles. The highest BCUT2D eigenvalue weighted by Gasteiger charge is 2.24. The fourth-order valence-electron chi connectivity index (χ4n) is 2.79. The second-order valence-corrected chi connectivity index (χ2v) is 8.72. The molecule has 3 rings (SSSR count). The largest absolute Gasteiger partial charge is 0.370 e. The lowest BCUT2D eigenvalue weighted by Crippen LogP contribution is -2.15. The molecule has 0 fully saturated rings. The van der Waals surface area contributed by atoms with Gasteiger partial charge >= 0.3 is 0 Å². The average Bonchev–Trinajstić information content (AvgIpc) is 3.04. The van der Waals surface area contributed by atoms with Gasteiger partial charge in [-0.25, -0.2) is 26.6 Å². The quantitative estimate of drug-likeness (QED) is 0.586. The number of sulfone groups is 1. The summed E-state index contributed by atoms with van der Waals surface area (Å²) in [5.74, 6) is -0.448. The predicted octanol–water partition coefficient (Wildman–Crippen LogP) is 4.45. The Morgan fingerprint density at radius 3 is 2.48 bits per heavy atom. The summed E-state index contributed by atoms with van der Waals surface area (Å²) >= 11 is 5.88. The molecule has 0 aliphatic rings. The molecule has 0 saturated carbocycles. The number of hydrogen-bond donors (Lipinski definition) is 2. The molecule has 2 N–H and O–H groups in total. The molecule has 0 spiro atoms. The van der Waals surface area contributed by atoms with E-state index in [1.807, 2.05) is 0 Å². The van der Waals surface area contributed by atoms with E-state index >= 15 is 0 Å². The summed E-state index contributed by atoms with van der Waals surface area (Å²) in [6.45, 7) is 1.54. The first-order valence-electron chi connectivity index (χ1n) is 8.27. The van der Waals surface area contributed by atoms with Crippen molar-refractivity contribution in [1.82, 2.24) is 15.0 Å². The molecular weight excluding hydrogens is 429 g/mol. The normalized spacial score (nSPS) is 12.9. The molecule has 11 heteroatoms. The summed E-state index contributed by atoms with van der Waals surface area (Å²) in [4.78, 5) is 10.8. The molecule has 2 aromatic heterocycles. The molecule has 1 unspecified atom stereocenters. The first kappa shape index (κ1) is 21.1. The maximum Gasteiger partial charge on any atom is 0.265 e. The number of alkyl halides is 2. The van der Waals surface area contributed by atoms with Gasteiger partial charge in [0, 0.05) is 24.2 Å². The van der Waals surface area contributed by atoms with Crippen LogP contribution in [0, 0.1) is 12.7 Å². The van der Waals surface area contributed by atoms with Gasteiger partial charge in [-0.2, -0.15) is 0 Å². The smallest absolute Gasteiger partial charge is 0.265 e. The Morgan fingerprint density at radius 1 is 1.17 bits per heavy atom. The highest BCUT2D eigenvalue weighted by atomic mass is 35.5. The number of aromatic amines is 1.